The lowest BCUT2D eigenvalue weighted by molar-refractivity contribution is 0.0524. The van der Waals surface area contributed by atoms with Crippen LogP contribution in [0.15, 0.2) is 48.7 Å². The number of hydrogen-bond acceptors (Lipinski definition) is 7. The summed E-state index contributed by atoms with van der Waals surface area (Å²) in [5, 5.41) is 0. The van der Waals surface area contributed by atoms with Crippen LogP contribution in [0.1, 0.15) is 28.5 Å². The molecule has 1 heterocycles. The molecule has 7 nitrogen and oxygen atoms in total. The van der Waals surface area contributed by atoms with Crippen LogP contribution in [-0.2, 0) is 17.6 Å². The molecule has 0 bridgehead atoms. The molecule has 1 aromatic heterocycles. The van der Waals surface area contributed by atoms with Crippen LogP contribution >= 0.6 is 0 Å². The van der Waals surface area contributed by atoms with Crippen molar-refractivity contribution >= 4 is 11.7 Å². The smallest absolute Gasteiger partial charge is 0.341 e. The van der Waals surface area contributed by atoms with Gasteiger partial charge in [0.25, 0.3) is 0 Å². The first-order chi connectivity index (χ1) is 14.6. The van der Waals surface area contributed by atoms with Crippen LogP contribution in [0, 0.1) is 0 Å². The van der Waals surface area contributed by atoms with Gasteiger partial charge >= 0.3 is 5.97 Å². The van der Waals surface area contributed by atoms with E-state index in [1.807, 2.05) is 36.4 Å². The fourth-order valence-corrected chi connectivity index (χ4v) is 3.12. The monoisotopic (exact) mass is 407 g/mol. The maximum Gasteiger partial charge on any atom is 0.341 e. The number of ether oxygens (including phenoxy) is 3. The number of carbonyl (C=O) groups excluding carboxylic acids is 1. The Bertz CT molecular complexity index is 1020. The summed E-state index contributed by atoms with van der Waals surface area (Å²) in [7, 11) is 3.14. The van der Waals surface area contributed by atoms with Gasteiger partial charge in [-0.2, -0.15) is 0 Å². The van der Waals surface area contributed by atoms with Gasteiger partial charge in [-0.05, 0) is 31.4 Å². The predicted molar refractivity (Wildman–Crippen MR) is 115 cm³/mol. The Hall–Kier alpha value is -3.61. The van der Waals surface area contributed by atoms with Gasteiger partial charge in [0.15, 0.2) is 17.3 Å². The number of aryl methyl sites for hydroxylation is 2. The number of carbonyl (C=O) groups is 1. The van der Waals surface area contributed by atoms with Gasteiger partial charge in [0.05, 0.1) is 32.1 Å². The SMILES string of the molecule is CCOC(=O)c1cnc(-c2ccccc2)nc1CCc1cc(OC)c(OC)cc1N. The summed E-state index contributed by atoms with van der Waals surface area (Å²) >= 11 is 0. The average molecular weight is 407 g/mol. The van der Waals surface area contributed by atoms with Crippen LogP contribution in [0.5, 0.6) is 11.5 Å². The van der Waals surface area contributed by atoms with Gasteiger partial charge in [-0.15, -0.1) is 0 Å². The van der Waals surface area contributed by atoms with E-state index in [2.05, 4.69) is 9.97 Å². The molecule has 3 rings (SSSR count). The van der Waals surface area contributed by atoms with Gasteiger partial charge in [-0.1, -0.05) is 30.3 Å². The van der Waals surface area contributed by atoms with Crippen molar-refractivity contribution < 1.29 is 19.0 Å². The molecule has 0 aliphatic rings. The molecule has 0 aliphatic carbocycles. The molecule has 2 aromatic carbocycles. The molecule has 0 aliphatic heterocycles. The molecular weight excluding hydrogens is 382 g/mol. The number of nitrogen functional groups attached to an aromatic ring is 1. The highest BCUT2D eigenvalue weighted by Gasteiger charge is 2.18. The summed E-state index contributed by atoms with van der Waals surface area (Å²) in [4.78, 5) is 21.4. The minimum absolute atomic E-state index is 0.279. The summed E-state index contributed by atoms with van der Waals surface area (Å²) in [6, 6.07) is 13.2. The Morgan fingerprint density at radius 3 is 2.40 bits per heavy atom. The molecule has 0 saturated carbocycles. The molecule has 0 unspecified atom stereocenters. The first kappa shape index (κ1) is 21.1. The van der Waals surface area contributed by atoms with Crippen LogP contribution in [0.2, 0.25) is 0 Å². The molecule has 0 amide bonds. The summed E-state index contributed by atoms with van der Waals surface area (Å²) < 4.78 is 15.8. The van der Waals surface area contributed by atoms with Gasteiger partial charge < -0.3 is 19.9 Å². The standard InChI is InChI=1S/C23H25N3O4/c1-4-30-23(27)17-14-25-22(15-8-6-5-7-9-15)26-19(17)11-10-16-12-20(28-2)21(29-3)13-18(16)24/h5-9,12-14H,4,10-11,24H2,1-3H3. The highest BCUT2D eigenvalue weighted by atomic mass is 16.5. The van der Waals surface area contributed by atoms with Crippen molar-refractivity contribution in [1.29, 1.82) is 0 Å². The highest BCUT2D eigenvalue weighted by Crippen LogP contribution is 2.32. The minimum Gasteiger partial charge on any atom is -0.493 e. The van der Waals surface area contributed by atoms with Crippen molar-refractivity contribution in [1.82, 2.24) is 9.97 Å². The Morgan fingerprint density at radius 1 is 1.03 bits per heavy atom. The normalized spacial score (nSPS) is 10.5. The Morgan fingerprint density at radius 2 is 1.73 bits per heavy atom. The summed E-state index contributed by atoms with van der Waals surface area (Å²) in [5.74, 6) is 1.28. The number of methoxy groups -OCH3 is 2. The van der Waals surface area contributed by atoms with E-state index >= 15 is 0 Å². The number of hydrogen-bond donors (Lipinski definition) is 1. The molecule has 0 fully saturated rings. The second kappa shape index (κ2) is 9.73. The number of rotatable bonds is 8. The van der Waals surface area contributed by atoms with Crippen molar-refractivity contribution in [2.24, 2.45) is 0 Å². The van der Waals surface area contributed by atoms with Crippen molar-refractivity contribution in [2.75, 3.05) is 26.6 Å². The second-order valence-corrected chi connectivity index (χ2v) is 6.55. The number of esters is 1. The van der Waals surface area contributed by atoms with E-state index < -0.39 is 5.97 Å². The zero-order valence-corrected chi connectivity index (χ0v) is 17.3. The van der Waals surface area contributed by atoms with E-state index in [0.29, 0.717) is 47.1 Å². The molecule has 0 spiro atoms. The van der Waals surface area contributed by atoms with Crippen molar-refractivity contribution in [3.05, 3.63) is 65.5 Å². The fraction of sp³-hybridized carbons (Fsp3) is 0.261. The van der Waals surface area contributed by atoms with Gasteiger partial charge in [0.2, 0.25) is 0 Å². The molecule has 156 valence electrons. The second-order valence-electron chi connectivity index (χ2n) is 6.55. The lowest BCUT2D eigenvalue weighted by atomic mass is 10.0. The maximum absolute atomic E-state index is 12.4. The lowest BCUT2D eigenvalue weighted by Crippen LogP contribution is -2.12. The summed E-state index contributed by atoms with van der Waals surface area (Å²) in [6.45, 7) is 2.04. The Kier molecular flexibility index (Phi) is 6.85. The molecule has 0 radical (unpaired) electrons. The minimum atomic E-state index is -0.438. The molecule has 2 N–H and O–H groups in total. The van der Waals surface area contributed by atoms with Gasteiger partial charge in [0, 0.05) is 23.5 Å². The topological polar surface area (TPSA) is 96.6 Å². The van der Waals surface area contributed by atoms with Crippen LogP contribution in [0.3, 0.4) is 0 Å². The molecule has 30 heavy (non-hydrogen) atoms. The van der Waals surface area contributed by atoms with Crippen LogP contribution in [0.4, 0.5) is 5.69 Å². The molecule has 0 atom stereocenters. The van der Waals surface area contributed by atoms with Crippen molar-refractivity contribution in [2.45, 2.75) is 19.8 Å². The lowest BCUT2D eigenvalue weighted by Gasteiger charge is -2.13. The number of aromatic nitrogens is 2. The van der Waals surface area contributed by atoms with Crippen molar-refractivity contribution in [3.8, 4) is 22.9 Å². The van der Waals surface area contributed by atoms with Crippen molar-refractivity contribution in [3.63, 3.8) is 0 Å². The van der Waals surface area contributed by atoms with E-state index in [-0.39, 0.29) is 6.61 Å². The van der Waals surface area contributed by atoms with Gasteiger partial charge in [-0.3, -0.25) is 0 Å². The first-order valence-corrected chi connectivity index (χ1v) is 9.66. The summed E-state index contributed by atoms with van der Waals surface area (Å²) in [6.07, 6.45) is 2.57. The molecule has 0 saturated heterocycles. The predicted octanol–water partition coefficient (Wildman–Crippen LogP) is 3.70. The van der Waals surface area contributed by atoms with E-state index in [1.165, 1.54) is 6.20 Å². The fourth-order valence-electron chi connectivity index (χ4n) is 3.12. The number of nitrogens with zero attached hydrogens (tertiary/aromatic N) is 2. The third kappa shape index (κ3) is 4.68. The highest BCUT2D eigenvalue weighted by molar-refractivity contribution is 5.90. The molecular formula is C23H25N3O4. The van der Waals surface area contributed by atoms with E-state index in [0.717, 1.165) is 11.1 Å². The van der Waals surface area contributed by atoms with Gasteiger partial charge in [-0.25, -0.2) is 14.8 Å². The number of nitrogens with two attached hydrogens (primary N) is 1. The van der Waals surface area contributed by atoms with E-state index in [1.54, 1.807) is 27.2 Å². The van der Waals surface area contributed by atoms with E-state index in [4.69, 9.17) is 19.9 Å². The summed E-state index contributed by atoms with van der Waals surface area (Å²) in [5.41, 5.74) is 9.49. The zero-order valence-electron chi connectivity index (χ0n) is 17.3. The Labute approximate surface area is 175 Å². The first-order valence-electron chi connectivity index (χ1n) is 9.66. The quantitative estimate of drug-likeness (QED) is 0.449. The molecule has 3 aromatic rings. The maximum atomic E-state index is 12.4. The number of benzene rings is 2. The zero-order chi connectivity index (χ0) is 21.5. The van der Waals surface area contributed by atoms with Crippen LogP contribution in [0.25, 0.3) is 11.4 Å². The number of anilines is 1. The van der Waals surface area contributed by atoms with Gasteiger partial charge in [0.1, 0.15) is 0 Å². The van der Waals surface area contributed by atoms with E-state index in [9.17, 15) is 4.79 Å². The molecule has 7 heteroatoms. The average Bonchev–Trinajstić information content (AvgIpc) is 2.78. The Balaban J connectivity index is 1.94. The van der Waals surface area contributed by atoms with Crippen LogP contribution < -0.4 is 15.2 Å². The third-order valence-corrected chi connectivity index (χ3v) is 4.67. The largest absolute Gasteiger partial charge is 0.493 e. The van der Waals surface area contributed by atoms with Crippen LogP contribution in [-0.4, -0.2) is 36.8 Å². The third-order valence-electron chi connectivity index (χ3n) is 4.67.